The van der Waals surface area contributed by atoms with Crippen LogP contribution in [0.3, 0.4) is 0 Å². The number of hydrogen-bond acceptors (Lipinski definition) is 4. The number of nitrogens with two attached hydrogens (primary N) is 1. The van der Waals surface area contributed by atoms with E-state index in [-0.39, 0.29) is 23.2 Å². The van der Waals surface area contributed by atoms with E-state index in [4.69, 9.17) is 5.73 Å². The Morgan fingerprint density at radius 2 is 1.81 bits per heavy atom. The minimum absolute atomic E-state index is 0. The van der Waals surface area contributed by atoms with Gasteiger partial charge in [0.2, 0.25) is 10.0 Å². The molecule has 0 aliphatic carbocycles. The molecule has 0 aliphatic heterocycles. The number of sulfonamides is 1. The lowest BCUT2D eigenvalue weighted by atomic mass is 9.90. The molecule has 0 aliphatic rings. The van der Waals surface area contributed by atoms with Crippen molar-refractivity contribution < 1.29 is 13.2 Å². The molecule has 1 atom stereocenters. The molecule has 0 bridgehead atoms. The summed E-state index contributed by atoms with van der Waals surface area (Å²) in [6.45, 7) is 12.5. The van der Waals surface area contributed by atoms with Gasteiger partial charge in [-0.25, -0.2) is 8.42 Å². The van der Waals surface area contributed by atoms with E-state index in [1.54, 1.807) is 32.9 Å². The van der Waals surface area contributed by atoms with Crippen LogP contribution >= 0.6 is 12.4 Å². The Morgan fingerprint density at radius 3 is 2.26 bits per heavy atom. The van der Waals surface area contributed by atoms with Crippen LogP contribution in [0.25, 0.3) is 0 Å². The van der Waals surface area contributed by atoms with Gasteiger partial charge >= 0.3 is 0 Å². The number of benzene rings is 1. The fourth-order valence-corrected chi connectivity index (χ4v) is 4.86. The van der Waals surface area contributed by atoms with Crippen LogP contribution < -0.4 is 11.1 Å². The van der Waals surface area contributed by atoms with Crippen molar-refractivity contribution in [1.29, 1.82) is 0 Å². The highest BCUT2D eigenvalue weighted by molar-refractivity contribution is 7.89. The first-order valence-electron chi connectivity index (χ1n) is 9.14. The Morgan fingerprint density at radius 1 is 1.26 bits per heavy atom. The van der Waals surface area contributed by atoms with Gasteiger partial charge in [0.15, 0.2) is 0 Å². The molecule has 6 nitrogen and oxygen atoms in total. The normalized spacial score (nSPS) is 14.0. The lowest BCUT2D eigenvalue weighted by molar-refractivity contribution is 0.0898. The zero-order valence-corrected chi connectivity index (χ0v) is 18.8. The second-order valence-corrected chi connectivity index (χ2v) is 9.29. The predicted molar refractivity (Wildman–Crippen MR) is 113 cm³/mol. The van der Waals surface area contributed by atoms with Crippen LogP contribution in [0.4, 0.5) is 0 Å². The summed E-state index contributed by atoms with van der Waals surface area (Å²) >= 11 is 0. The summed E-state index contributed by atoms with van der Waals surface area (Å²) in [4.78, 5) is 12.9. The Bertz CT molecular complexity index is 734. The molecule has 0 radical (unpaired) electrons. The summed E-state index contributed by atoms with van der Waals surface area (Å²) < 4.78 is 27.1. The third-order valence-corrected chi connectivity index (χ3v) is 6.69. The Balaban J connectivity index is 0.00000676. The molecule has 27 heavy (non-hydrogen) atoms. The van der Waals surface area contributed by atoms with Gasteiger partial charge < -0.3 is 11.1 Å². The van der Waals surface area contributed by atoms with Gasteiger partial charge in [-0.3, -0.25) is 4.79 Å². The molecule has 1 amide bonds. The molecular weight excluding hydrogens is 386 g/mol. The van der Waals surface area contributed by atoms with Crippen LogP contribution in [0.5, 0.6) is 0 Å². The standard InChI is InChI=1S/C19H33N3O3S.ClH/c1-7-22(8-2)26(24,25)17-11-16(10-9-15(17)5)18(23)21-19(6,13-20)12-14(3)4;/h9-11,14H,7-8,12-13,20H2,1-6H3,(H,21,23);1H. The van der Waals surface area contributed by atoms with Crippen LogP contribution in [0.2, 0.25) is 0 Å². The average Bonchev–Trinajstić information content (AvgIpc) is 2.55. The van der Waals surface area contributed by atoms with Crippen molar-refractivity contribution in [1.82, 2.24) is 9.62 Å². The maximum atomic E-state index is 12.9. The maximum absolute atomic E-state index is 12.9. The van der Waals surface area contributed by atoms with Gasteiger partial charge in [-0.2, -0.15) is 4.31 Å². The van der Waals surface area contributed by atoms with Crippen molar-refractivity contribution in [2.24, 2.45) is 11.7 Å². The lowest BCUT2D eigenvalue weighted by Gasteiger charge is -2.31. The van der Waals surface area contributed by atoms with E-state index in [0.717, 1.165) is 6.42 Å². The molecule has 0 fully saturated rings. The smallest absolute Gasteiger partial charge is 0.251 e. The summed E-state index contributed by atoms with van der Waals surface area (Å²) in [6.07, 6.45) is 0.742. The van der Waals surface area contributed by atoms with Gasteiger partial charge in [-0.1, -0.05) is 33.8 Å². The highest BCUT2D eigenvalue weighted by atomic mass is 35.5. The summed E-state index contributed by atoms with van der Waals surface area (Å²) in [5.41, 5.74) is 6.28. The van der Waals surface area contributed by atoms with Crippen molar-refractivity contribution in [2.75, 3.05) is 19.6 Å². The van der Waals surface area contributed by atoms with E-state index in [0.29, 0.717) is 36.7 Å². The van der Waals surface area contributed by atoms with Crippen molar-refractivity contribution in [3.63, 3.8) is 0 Å². The fraction of sp³-hybridized carbons (Fsp3) is 0.632. The summed E-state index contributed by atoms with van der Waals surface area (Å²) in [6, 6.07) is 4.79. The molecular formula is C19H34ClN3O3S. The van der Waals surface area contributed by atoms with E-state index in [1.807, 2.05) is 6.92 Å². The highest BCUT2D eigenvalue weighted by Gasteiger charge is 2.28. The van der Waals surface area contributed by atoms with E-state index in [2.05, 4.69) is 19.2 Å². The van der Waals surface area contributed by atoms with Crippen molar-refractivity contribution in [2.45, 2.75) is 58.4 Å². The predicted octanol–water partition coefficient (Wildman–Crippen LogP) is 2.94. The van der Waals surface area contributed by atoms with Crippen LogP contribution in [0.1, 0.15) is 57.0 Å². The minimum atomic E-state index is -3.63. The zero-order valence-electron chi connectivity index (χ0n) is 17.2. The first-order valence-corrected chi connectivity index (χ1v) is 10.6. The molecule has 0 saturated carbocycles. The van der Waals surface area contributed by atoms with Gasteiger partial charge in [-0.05, 0) is 43.9 Å². The maximum Gasteiger partial charge on any atom is 0.251 e. The number of carbonyl (C=O) groups is 1. The Labute approximate surface area is 170 Å². The summed E-state index contributed by atoms with van der Waals surface area (Å²) in [5, 5.41) is 2.97. The monoisotopic (exact) mass is 419 g/mol. The number of nitrogens with one attached hydrogen (secondary N) is 1. The second-order valence-electron chi connectivity index (χ2n) is 7.39. The minimum Gasteiger partial charge on any atom is -0.346 e. The largest absolute Gasteiger partial charge is 0.346 e. The fourth-order valence-electron chi connectivity index (χ4n) is 3.15. The summed E-state index contributed by atoms with van der Waals surface area (Å²) in [7, 11) is -3.63. The van der Waals surface area contributed by atoms with Crippen molar-refractivity contribution >= 4 is 28.3 Å². The van der Waals surface area contributed by atoms with Crippen LogP contribution in [0.15, 0.2) is 23.1 Å². The molecule has 1 rings (SSSR count). The van der Waals surface area contributed by atoms with Gasteiger partial charge in [0.05, 0.1) is 4.90 Å². The summed E-state index contributed by atoms with van der Waals surface area (Å²) in [5.74, 6) is 0.0649. The average molecular weight is 420 g/mol. The number of hydrogen-bond donors (Lipinski definition) is 2. The highest BCUT2D eigenvalue weighted by Crippen LogP contribution is 2.22. The van der Waals surface area contributed by atoms with Crippen LogP contribution in [-0.4, -0.2) is 43.8 Å². The van der Waals surface area contributed by atoms with Gasteiger partial charge in [0, 0.05) is 30.7 Å². The molecule has 0 spiro atoms. The number of nitrogens with zero attached hydrogens (tertiary/aromatic N) is 1. The number of aryl methyl sites for hydroxylation is 1. The van der Waals surface area contributed by atoms with E-state index in [9.17, 15) is 13.2 Å². The van der Waals surface area contributed by atoms with Gasteiger partial charge in [0.1, 0.15) is 0 Å². The number of rotatable bonds is 9. The molecule has 156 valence electrons. The molecule has 0 aromatic heterocycles. The first kappa shape index (κ1) is 25.9. The van der Waals surface area contributed by atoms with E-state index < -0.39 is 15.6 Å². The van der Waals surface area contributed by atoms with Crippen molar-refractivity contribution in [3.8, 4) is 0 Å². The van der Waals surface area contributed by atoms with Gasteiger partial charge in [-0.15, -0.1) is 12.4 Å². The van der Waals surface area contributed by atoms with E-state index >= 15 is 0 Å². The number of amides is 1. The lowest BCUT2D eigenvalue weighted by Crippen LogP contribution is -2.52. The topological polar surface area (TPSA) is 92.5 Å². The third-order valence-electron chi connectivity index (χ3n) is 4.50. The third kappa shape index (κ3) is 6.45. The van der Waals surface area contributed by atoms with Crippen LogP contribution in [-0.2, 0) is 10.0 Å². The Kier molecular flexibility index (Phi) is 9.97. The molecule has 0 heterocycles. The number of halogens is 1. The number of carbonyl (C=O) groups excluding carboxylic acids is 1. The Hall–Kier alpha value is -1.15. The SMILES string of the molecule is CCN(CC)S(=O)(=O)c1cc(C(=O)NC(C)(CN)CC(C)C)ccc1C.Cl. The molecule has 8 heteroatoms. The molecule has 1 unspecified atom stereocenters. The molecule has 1 aromatic rings. The van der Waals surface area contributed by atoms with Crippen LogP contribution in [0, 0.1) is 12.8 Å². The molecule has 1 aromatic carbocycles. The quantitative estimate of drug-likeness (QED) is 0.643. The molecule has 3 N–H and O–H groups in total. The second kappa shape index (κ2) is 10.4. The first-order chi connectivity index (χ1) is 12.0. The van der Waals surface area contributed by atoms with Gasteiger partial charge in [0.25, 0.3) is 5.91 Å². The van der Waals surface area contributed by atoms with Crippen molar-refractivity contribution in [3.05, 3.63) is 29.3 Å². The zero-order chi connectivity index (χ0) is 20.1. The van der Waals surface area contributed by atoms with E-state index in [1.165, 1.54) is 10.4 Å². The molecule has 0 saturated heterocycles.